The van der Waals surface area contributed by atoms with Crippen molar-refractivity contribution in [3.8, 4) is 6.07 Å². The Morgan fingerprint density at radius 2 is 1.59 bits per heavy atom. The van der Waals surface area contributed by atoms with E-state index in [9.17, 15) is 27.3 Å². The summed E-state index contributed by atoms with van der Waals surface area (Å²) in [6.45, 7) is 3.49. The van der Waals surface area contributed by atoms with Gasteiger partial charge in [-0.2, -0.15) is 18.4 Å². The van der Waals surface area contributed by atoms with E-state index in [-0.39, 0.29) is 12.1 Å². The maximum absolute atomic E-state index is 13.1. The van der Waals surface area contributed by atoms with Crippen molar-refractivity contribution in [2.24, 2.45) is 0 Å². The number of unbranched alkanes of at least 4 members (excludes halogenated alkanes) is 8. The number of rotatable bonds is 16. The fourth-order valence-electron chi connectivity index (χ4n) is 3.56. The van der Waals surface area contributed by atoms with Crippen molar-refractivity contribution >= 4 is 22.4 Å². The van der Waals surface area contributed by atoms with Gasteiger partial charge in [0.05, 0.1) is 17.2 Å². The lowest BCUT2D eigenvalue weighted by Crippen LogP contribution is -2.40. The second kappa shape index (κ2) is 15.2. The standard InChI is InChI=1S/C25H37F3N2O3S/c1-3-4-5-11-16-34(33)17-12-9-7-6-8-10-15-24(2,32)23(31)30-21-14-13-20(19-29)22(18-21)25(26,27)28/h13-14,18,32H,3-12,15-17H2,1-2H3,(H,30,31)/t24-,34?/m0/s1. The van der Waals surface area contributed by atoms with Crippen LogP contribution in [0.3, 0.4) is 0 Å². The zero-order valence-electron chi connectivity index (χ0n) is 20.2. The van der Waals surface area contributed by atoms with E-state index >= 15 is 0 Å². The lowest BCUT2D eigenvalue weighted by Gasteiger charge is -2.22. The molecule has 1 rings (SSSR count). The van der Waals surface area contributed by atoms with E-state index in [4.69, 9.17) is 5.26 Å². The zero-order valence-corrected chi connectivity index (χ0v) is 21.0. The first-order chi connectivity index (χ1) is 16.0. The van der Waals surface area contributed by atoms with Gasteiger partial charge in [0.2, 0.25) is 0 Å². The van der Waals surface area contributed by atoms with Gasteiger partial charge in [-0.05, 0) is 44.4 Å². The van der Waals surface area contributed by atoms with Crippen LogP contribution in [0.4, 0.5) is 18.9 Å². The zero-order chi connectivity index (χ0) is 25.6. The highest BCUT2D eigenvalue weighted by Crippen LogP contribution is 2.33. The van der Waals surface area contributed by atoms with E-state index in [1.165, 1.54) is 31.9 Å². The molecule has 2 N–H and O–H groups in total. The van der Waals surface area contributed by atoms with Crippen LogP contribution in [-0.4, -0.2) is 32.3 Å². The molecule has 192 valence electrons. The lowest BCUT2D eigenvalue weighted by atomic mass is 9.96. The van der Waals surface area contributed by atoms with Crippen molar-refractivity contribution < 1.29 is 27.3 Å². The number of amides is 1. The number of anilines is 1. The first-order valence-electron chi connectivity index (χ1n) is 12.0. The van der Waals surface area contributed by atoms with Crippen LogP contribution in [0.1, 0.15) is 95.6 Å². The van der Waals surface area contributed by atoms with Crippen LogP contribution in [0, 0.1) is 11.3 Å². The largest absolute Gasteiger partial charge is 0.417 e. The normalized spacial score (nSPS) is 14.3. The summed E-state index contributed by atoms with van der Waals surface area (Å²) >= 11 is 0. The third kappa shape index (κ3) is 11.5. The number of carbonyl (C=O) groups excluding carboxylic acids is 1. The van der Waals surface area contributed by atoms with Crippen LogP contribution in [-0.2, 0) is 21.8 Å². The summed E-state index contributed by atoms with van der Waals surface area (Å²) in [5.41, 5.74) is -3.51. The Bertz CT molecular complexity index is 836. The summed E-state index contributed by atoms with van der Waals surface area (Å²) in [5.74, 6) is 0.746. The summed E-state index contributed by atoms with van der Waals surface area (Å²) in [6, 6.07) is 4.39. The molecule has 0 saturated carbocycles. The van der Waals surface area contributed by atoms with Crippen LogP contribution in [0.25, 0.3) is 0 Å². The summed E-state index contributed by atoms with van der Waals surface area (Å²) in [6.07, 6.45) is 5.28. The molecule has 0 aromatic heterocycles. The summed E-state index contributed by atoms with van der Waals surface area (Å²) < 4.78 is 51.2. The number of carbonyl (C=O) groups is 1. The second-order valence-electron chi connectivity index (χ2n) is 8.88. The van der Waals surface area contributed by atoms with Gasteiger partial charge in [-0.15, -0.1) is 0 Å². The van der Waals surface area contributed by atoms with Crippen molar-refractivity contribution in [3.05, 3.63) is 29.3 Å². The molecule has 0 fully saturated rings. The molecule has 0 radical (unpaired) electrons. The number of nitrogens with zero attached hydrogens (tertiary/aromatic N) is 1. The molecule has 2 atom stereocenters. The highest BCUT2D eigenvalue weighted by molar-refractivity contribution is 7.84. The number of benzene rings is 1. The fraction of sp³-hybridized carbons (Fsp3) is 0.680. The lowest BCUT2D eigenvalue weighted by molar-refractivity contribution is -0.138. The molecule has 0 bridgehead atoms. The number of nitrogens with one attached hydrogen (secondary N) is 1. The molecular formula is C25H37F3N2O3S. The number of halogens is 3. The molecule has 0 aliphatic carbocycles. The molecule has 34 heavy (non-hydrogen) atoms. The van der Waals surface area contributed by atoms with E-state index in [2.05, 4.69) is 12.2 Å². The van der Waals surface area contributed by atoms with Crippen molar-refractivity contribution in [2.45, 2.75) is 96.3 Å². The van der Waals surface area contributed by atoms with Gasteiger partial charge in [0.25, 0.3) is 5.91 Å². The molecule has 0 saturated heterocycles. The SMILES string of the molecule is CCCCCCS(=O)CCCCCCCC[C@](C)(O)C(=O)Nc1ccc(C#N)c(C(F)(F)F)c1. The van der Waals surface area contributed by atoms with E-state index < -0.39 is 39.6 Å². The first-order valence-corrected chi connectivity index (χ1v) is 13.5. The maximum Gasteiger partial charge on any atom is 0.417 e. The minimum Gasteiger partial charge on any atom is -0.380 e. The number of alkyl halides is 3. The third-order valence-electron chi connectivity index (χ3n) is 5.70. The van der Waals surface area contributed by atoms with Gasteiger partial charge >= 0.3 is 6.18 Å². The summed E-state index contributed by atoms with van der Waals surface area (Å²) in [7, 11) is -0.731. The molecule has 0 spiro atoms. The Balaban J connectivity index is 2.31. The molecule has 0 aliphatic heterocycles. The van der Waals surface area contributed by atoms with Gasteiger partial charge in [-0.3, -0.25) is 9.00 Å². The second-order valence-corrected chi connectivity index (χ2v) is 10.6. The minimum absolute atomic E-state index is 0.126. The average Bonchev–Trinajstić information content (AvgIpc) is 2.77. The van der Waals surface area contributed by atoms with Gasteiger partial charge in [0, 0.05) is 28.0 Å². The molecule has 1 aromatic carbocycles. The predicted molar refractivity (Wildman–Crippen MR) is 130 cm³/mol. The van der Waals surface area contributed by atoms with Crippen LogP contribution in [0.2, 0.25) is 0 Å². The Hall–Kier alpha value is -1.92. The Morgan fingerprint density at radius 3 is 2.15 bits per heavy atom. The Labute approximate surface area is 203 Å². The van der Waals surface area contributed by atoms with Gasteiger partial charge in [-0.25, -0.2) is 0 Å². The molecule has 1 unspecified atom stereocenters. The maximum atomic E-state index is 13.1. The van der Waals surface area contributed by atoms with Gasteiger partial charge in [0.1, 0.15) is 5.60 Å². The number of hydrogen-bond donors (Lipinski definition) is 2. The Kier molecular flexibility index (Phi) is 13.4. The monoisotopic (exact) mass is 502 g/mol. The summed E-state index contributed by atoms with van der Waals surface area (Å²) in [4.78, 5) is 12.4. The topological polar surface area (TPSA) is 90.2 Å². The van der Waals surface area contributed by atoms with Crippen LogP contribution in [0.5, 0.6) is 0 Å². The van der Waals surface area contributed by atoms with Crippen molar-refractivity contribution in [2.75, 3.05) is 16.8 Å². The van der Waals surface area contributed by atoms with Gasteiger partial charge < -0.3 is 10.4 Å². The van der Waals surface area contributed by atoms with E-state index in [0.717, 1.165) is 62.5 Å². The number of hydrogen-bond acceptors (Lipinski definition) is 4. The van der Waals surface area contributed by atoms with Crippen LogP contribution < -0.4 is 5.32 Å². The fourth-order valence-corrected chi connectivity index (χ4v) is 4.82. The van der Waals surface area contributed by atoms with E-state index in [1.807, 2.05) is 0 Å². The quantitative estimate of drug-likeness (QED) is 0.259. The summed E-state index contributed by atoms with van der Waals surface area (Å²) in [5, 5.41) is 21.6. The number of nitriles is 1. The van der Waals surface area contributed by atoms with Crippen molar-refractivity contribution in [1.29, 1.82) is 5.26 Å². The van der Waals surface area contributed by atoms with Gasteiger partial charge in [0.15, 0.2) is 0 Å². The smallest absolute Gasteiger partial charge is 0.380 e. The van der Waals surface area contributed by atoms with Gasteiger partial charge in [-0.1, -0.05) is 58.3 Å². The molecule has 0 aliphatic rings. The number of aliphatic hydroxyl groups is 1. The molecule has 1 amide bonds. The van der Waals surface area contributed by atoms with Crippen molar-refractivity contribution in [1.82, 2.24) is 0 Å². The molecule has 9 heteroatoms. The molecule has 5 nitrogen and oxygen atoms in total. The minimum atomic E-state index is -4.72. The molecular weight excluding hydrogens is 465 g/mol. The average molecular weight is 503 g/mol. The highest BCUT2D eigenvalue weighted by atomic mass is 32.2. The first kappa shape index (κ1) is 30.1. The van der Waals surface area contributed by atoms with E-state index in [1.54, 1.807) is 0 Å². The third-order valence-corrected chi connectivity index (χ3v) is 7.19. The van der Waals surface area contributed by atoms with Crippen LogP contribution >= 0.6 is 0 Å². The highest BCUT2D eigenvalue weighted by Gasteiger charge is 2.35. The van der Waals surface area contributed by atoms with Crippen LogP contribution in [0.15, 0.2) is 18.2 Å². The molecule has 0 heterocycles. The van der Waals surface area contributed by atoms with E-state index in [0.29, 0.717) is 12.5 Å². The van der Waals surface area contributed by atoms with Crippen molar-refractivity contribution in [3.63, 3.8) is 0 Å². The Morgan fingerprint density at radius 1 is 1.03 bits per heavy atom. The molecule has 1 aromatic rings. The predicted octanol–water partition coefficient (Wildman–Crippen LogP) is 6.33.